The summed E-state index contributed by atoms with van der Waals surface area (Å²) in [5.74, 6) is -4.69. The van der Waals surface area contributed by atoms with Gasteiger partial charge in [0.05, 0.1) is 19.0 Å². The lowest BCUT2D eigenvalue weighted by atomic mass is 9.99. The quantitative estimate of drug-likeness (QED) is 0.172. The van der Waals surface area contributed by atoms with Crippen molar-refractivity contribution in [3.63, 3.8) is 0 Å². The molecule has 4 amide bonds. The first-order valence-corrected chi connectivity index (χ1v) is 8.91. The predicted octanol–water partition coefficient (Wildman–Crippen LogP) is -2.66. The Balaban J connectivity index is 4.82. The molecule has 4 atom stereocenters. The summed E-state index contributed by atoms with van der Waals surface area (Å²) >= 11 is 3.80. The van der Waals surface area contributed by atoms with Crippen molar-refractivity contribution in [1.29, 1.82) is 0 Å². The van der Waals surface area contributed by atoms with Gasteiger partial charge >= 0.3 is 5.97 Å². The molecule has 0 spiro atoms. The Morgan fingerprint density at radius 2 is 1.67 bits per heavy atom. The average molecular weight is 405 g/mol. The Bertz CT molecular complexity index is 573. The molecule has 0 rings (SSSR count). The van der Waals surface area contributed by atoms with E-state index in [1.165, 1.54) is 0 Å². The topological polar surface area (TPSA) is 194 Å². The lowest BCUT2D eigenvalue weighted by Gasteiger charge is -2.21. The highest BCUT2D eigenvalue weighted by Gasteiger charge is 2.27. The molecule has 0 aliphatic heterocycles. The molecule has 0 bridgehead atoms. The van der Waals surface area contributed by atoms with E-state index in [9.17, 15) is 24.0 Å². The minimum atomic E-state index is -1.39. The van der Waals surface area contributed by atoms with Crippen LogP contribution in [0.2, 0.25) is 0 Å². The Kier molecular flexibility index (Phi) is 11.1. The molecule has 0 fully saturated rings. The zero-order chi connectivity index (χ0) is 21.1. The Morgan fingerprint density at radius 1 is 1.07 bits per heavy atom. The molecule has 0 aromatic heterocycles. The van der Waals surface area contributed by atoms with Gasteiger partial charge in [0.15, 0.2) is 0 Å². The largest absolute Gasteiger partial charge is 0.480 e. The molecule has 0 saturated heterocycles. The molecule has 154 valence electrons. The highest BCUT2D eigenvalue weighted by molar-refractivity contribution is 7.80. The fourth-order valence-corrected chi connectivity index (χ4v) is 2.16. The van der Waals surface area contributed by atoms with Crippen LogP contribution in [0.5, 0.6) is 0 Å². The van der Waals surface area contributed by atoms with Gasteiger partial charge in [-0.15, -0.1) is 0 Å². The van der Waals surface area contributed by atoms with Crippen LogP contribution >= 0.6 is 12.6 Å². The summed E-state index contributed by atoms with van der Waals surface area (Å²) in [4.78, 5) is 58.0. The number of carboxylic acids is 1. The fraction of sp³-hybridized carbons (Fsp3) is 0.667. The van der Waals surface area contributed by atoms with E-state index in [0.717, 1.165) is 0 Å². The van der Waals surface area contributed by atoms with Crippen LogP contribution < -0.4 is 27.4 Å². The van der Waals surface area contributed by atoms with E-state index in [0.29, 0.717) is 6.42 Å². The van der Waals surface area contributed by atoms with Gasteiger partial charge in [-0.3, -0.25) is 19.2 Å². The second kappa shape index (κ2) is 12.1. The molecular formula is C15H27N5O6S. The van der Waals surface area contributed by atoms with Crippen molar-refractivity contribution in [2.45, 2.75) is 44.8 Å². The van der Waals surface area contributed by atoms with Gasteiger partial charge in [0.25, 0.3) is 0 Å². The van der Waals surface area contributed by atoms with Crippen molar-refractivity contribution in [2.24, 2.45) is 17.4 Å². The van der Waals surface area contributed by atoms with E-state index < -0.39 is 60.7 Å². The van der Waals surface area contributed by atoms with E-state index in [4.69, 9.17) is 16.6 Å². The lowest BCUT2D eigenvalue weighted by molar-refractivity contribution is -0.141. The number of aliphatic carboxylic acids is 1. The van der Waals surface area contributed by atoms with Crippen molar-refractivity contribution in [3.05, 3.63) is 0 Å². The minimum absolute atomic E-state index is 0.0874. The number of carbonyl (C=O) groups is 5. The molecule has 27 heavy (non-hydrogen) atoms. The summed E-state index contributed by atoms with van der Waals surface area (Å²) in [6.07, 6.45) is 0.133. The lowest BCUT2D eigenvalue weighted by Crippen LogP contribution is -2.55. The third kappa shape index (κ3) is 9.24. The smallest absolute Gasteiger partial charge is 0.327 e. The van der Waals surface area contributed by atoms with Crippen LogP contribution in [0, 0.1) is 5.92 Å². The molecule has 0 radical (unpaired) electrons. The highest BCUT2D eigenvalue weighted by Crippen LogP contribution is 2.04. The normalized spacial score (nSPS) is 15.0. The predicted molar refractivity (Wildman–Crippen MR) is 99.6 cm³/mol. The zero-order valence-corrected chi connectivity index (χ0v) is 16.1. The van der Waals surface area contributed by atoms with Crippen LogP contribution in [0.4, 0.5) is 0 Å². The van der Waals surface area contributed by atoms with Crippen molar-refractivity contribution in [2.75, 3.05) is 12.3 Å². The number of thiol groups is 1. The molecule has 0 aromatic carbocycles. The van der Waals surface area contributed by atoms with Crippen LogP contribution in [0.1, 0.15) is 26.7 Å². The SMILES string of the molecule is CCC(C)C(N)C(=O)NCC(=O)NC(CC(N)=O)C(=O)NC(CS)C(=O)O. The molecular weight excluding hydrogens is 378 g/mol. The van der Waals surface area contributed by atoms with Crippen LogP contribution in [0.3, 0.4) is 0 Å². The maximum atomic E-state index is 12.1. The number of hydrogen-bond acceptors (Lipinski definition) is 7. The molecule has 11 nitrogen and oxygen atoms in total. The number of rotatable bonds is 12. The molecule has 0 aromatic rings. The summed E-state index contributed by atoms with van der Waals surface area (Å²) in [5.41, 5.74) is 10.8. The molecule has 0 aliphatic carbocycles. The monoisotopic (exact) mass is 405 g/mol. The second-order valence-corrected chi connectivity index (χ2v) is 6.37. The molecule has 8 N–H and O–H groups in total. The Morgan fingerprint density at radius 3 is 2.11 bits per heavy atom. The zero-order valence-electron chi connectivity index (χ0n) is 15.2. The molecule has 0 aliphatic rings. The van der Waals surface area contributed by atoms with E-state index in [1.807, 2.05) is 6.92 Å². The summed E-state index contributed by atoms with van der Waals surface area (Å²) in [5, 5.41) is 15.6. The number of amides is 4. The Hall–Kier alpha value is -2.34. The van der Waals surface area contributed by atoms with Gasteiger partial charge in [-0.05, 0) is 5.92 Å². The standard InChI is InChI=1S/C15H27N5O6S/c1-3-7(2)12(17)14(24)18-5-11(22)19-8(4-10(16)21)13(23)20-9(6-27)15(25)26/h7-9,12,27H,3-6,17H2,1-2H3,(H2,16,21)(H,18,24)(H,19,22)(H,20,23)(H,25,26). The van der Waals surface area contributed by atoms with Crippen molar-refractivity contribution < 1.29 is 29.1 Å². The number of nitrogens with two attached hydrogens (primary N) is 2. The Labute approximate surface area is 162 Å². The maximum Gasteiger partial charge on any atom is 0.327 e. The van der Waals surface area contributed by atoms with Crippen molar-refractivity contribution in [3.8, 4) is 0 Å². The first-order valence-electron chi connectivity index (χ1n) is 8.28. The molecule has 12 heteroatoms. The van der Waals surface area contributed by atoms with Crippen molar-refractivity contribution >= 4 is 42.2 Å². The fourth-order valence-electron chi connectivity index (χ4n) is 1.91. The minimum Gasteiger partial charge on any atom is -0.480 e. The van der Waals surface area contributed by atoms with E-state index >= 15 is 0 Å². The first kappa shape index (κ1) is 24.7. The number of carbonyl (C=O) groups excluding carboxylic acids is 4. The van der Waals surface area contributed by atoms with Gasteiger partial charge in [-0.25, -0.2) is 4.79 Å². The number of hydrogen-bond donors (Lipinski definition) is 7. The number of primary amides is 1. The van der Waals surface area contributed by atoms with Gasteiger partial charge in [0.1, 0.15) is 12.1 Å². The summed E-state index contributed by atoms with van der Waals surface area (Å²) in [7, 11) is 0. The third-order valence-electron chi connectivity index (χ3n) is 3.84. The molecule has 0 heterocycles. The molecule has 0 saturated carbocycles. The van der Waals surface area contributed by atoms with Gasteiger partial charge in [0.2, 0.25) is 23.6 Å². The molecule has 4 unspecified atom stereocenters. The number of nitrogens with one attached hydrogen (secondary N) is 3. The van der Waals surface area contributed by atoms with Crippen LogP contribution in [0.15, 0.2) is 0 Å². The van der Waals surface area contributed by atoms with Crippen LogP contribution in [-0.4, -0.2) is 65.1 Å². The van der Waals surface area contributed by atoms with Gasteiger partial charge in [-0.1, -0.05) is 20.3 Å². The average Bonchev–Trinajstić information content (AvgIpc) is 2.61. The van der Waals surface area contributed by atoms with E-state index in [2.05, 4.69) is 28.6 Å². The van der Waals surface area contributed by atoms with Gasteiger partial charge in [-0.2, -0.15) is 12.6 Å². The number of carboxylic acid groups (broad SMARTS) is 1. The van der Waals surface area contributed by atoms with E-state index in [-0.39, 0.29) is 11.7 Å². The van der Waals surface area contributed by atoms with Crippen molar-refractivity contribution in [1.82, 2.24) is 16.0 Å². The van der Waals surface area contributed by atoms with Gasteiger partial charge < -0.3 is 32.5 Å². The van der Waals surface area contributed by atoms with Gasteiger partial charge in [0, 0.05) is 5.75 Å². The van der Waals surface area contributed by atoms with E-state index in [1.54, 1.807) is 6.92 Å². The highest BCUT2D eigenvalue weighted by atomic mass is 32.1. The van der Waals surface area contributed by atoms with Crippen LogP contribution in [0.25, 0.3) is 0 Å². The summed E-state index contributed by atoms with van der Waals surface area (Å²) < 4.78 is 0. The summed E-state index contributed by atoms with van der Waals surface area (Å²) in [6.45, 7) is 3.19. The maximum absolute atomic E-state index is 12.1. The third-order valence-corrected chi connectivity index (χ3v) is 4.20. The second-order valence-electron chi connectivity index (χ2n) is 6.00. The van der Waals surface area contributed by atoms with Crippen LogP contribution in [-0.2, 0) is 24.0 Å². The first-order chi connectivity index (χ1) is 12.5. The summed E-state index contributed by atoms with van der Waals surface area (Å²) in [6, 6.07) is -3.49.